The maximum absolute atomic E-state index is 11.6. The molecule has 1 aliphatic heterocycles. The molecule has 1 aromatic carbocycles. The molecule has 1 aromatic heterocycles. The van der Waals surface area contributed by atoms with Gasteiger partial charge in [-0.2, -0.15) is 0 Å². The average molecular weight is 354 g/mol. The first-order valence-electron chi connectivity index (χ1n) is 9.23. The van der Waals surface area contributed by atoms with Crippen molar-refractivity contribution in [3.63, 3.8) is 0 Å². The number of unbranched alkanes of at least 4 members (excludes halogenated alkanes) is 2. The maximum atomic E-state index is 11.6. The molecule has 26 heavy (non-hydrogen) atoms. The summed E-state index contributed by atoms with van der Waals surface area (Å²) >= 11 is 0. The van der Waals surface area contributed by atoms with Gasteiger partial charge in [0.1, 0.15) is 5.75 Å². The summed E-state index contributed by atoms with van der Waals surface area (Å²) in [7, 11) is 1.29. The highest BCUT2D eigenvalue weighted by Gasteiger charge is 2.15. The third kappa shape index (κ3) is 4.61. The van der Waals surface area contributed by atoms with Gasteiger partial charge >= 0.3 is 5.97 Å². The number of aromatic hydroxyl groups is 1. The fourth-order valence-corrected chi connectivity index (χ4v) is 3.44. The first-order chi connectivity index (χ1) is 12.7. The number of benzene rings is 1. The molecule has 0 saturated heterocycles. The lowest BCUT2D eigenvalue weighted by molar-refractivity contribution is 0.0590. The lowest BCUT2D eigenvalue weighted by atomic mass is 9.99. The quantitative estimate of drug-likeness (QED) is 0.610. The van der Waals surface area contributed by atoms with Crippen LogP contribution in [0.15, 0.2) is 36.4 Å². The van der Waals surface area contributed by atoms with Crippen LogP contribution in [0.25, 0.3) is 0 Å². The van der Waals surface area contributed by atoms with Crippen molar-refractivity contribution in [2.75, 3.05) is 20.2 Å². The average Bonchev–Trinajstić information content (AvgIpc) is 2.68. The largest absolute Gasteiger partial charge is 0.505 e. The number of fused-ring (bicyclic) bond motifs is 1. The predicted molar refractivity (Wildman–Crippen MR) is 100 cm³/mol. The number of rotatable bonds is 7. The van der Waals surface area contributed by atoms with Gasteiger partial charge in [0.05, 0.1) is 7.11 Å². The van der Waals surface area contributed by atoms with E-state index in [0.29, 0.717) is 0 Å². The zero-order valence-electron chi connectivity index (χ0n) is 15.3. The molecule has 0 saturated carbocycles. The van der Waals surface area contributed by atoms with E-state index in [-0.39, 0.29) is 11.4 Å². The van der Waals surface area contributed by atoms with Crippen molar-refractivity contribution in [3.05, 3.63) is 58.9 Å². The van der Waals surface area contributed by atoms with Gasteiger partial charge in [-0.05, 0) is 55.5 Å². The fourth-order valence-electron chi connectivity index (χ4n) is 3.44. The van der Waals surface area contributed by atoms with Crippen LogP contribution in [0.5, 0.6) is 5.75 Å². The smallest absolute Gasteiger partial charge is 0.360 e. The van der Waals surface area contributed by atoms with E-state index in [2.05, 4.69) is 38.9 Å². The summed E-state index contributed by atoms with van der Waals surface area (Å²) in [5.74, 6) is -0.735. The first kappa shape index (κ1) is 18.4. The number of methoxy groups -OCH3 is 1. The Morgan fingerprint density at radius 2 is 1.96 bits per heavy atom. The molecule has 138 valence electrons. The number of carbonyl (C=O) groups is 1. The van der Waals surface area contributed by atoms with Crippen LogP contribution < -0.4 is 0 Å². The van der Waals surface area contributed by atoms with Crippen LogP contribution in [-0.4, -0.2) is 41.2 Å². The Morgan fingerprint density at radius 3 is 2.77 bits per heavy atom. The number of pyridine rings is 1. The van der Waals surface area contributed by atoms with Crippen LogP contribution in [0.2, 0.25) is 0 Å². The van der Waals surface area contributed by atoms with E-state index in [4.69, 9.17) is 0 Å². The molecule has 0 atom stereocenters. The SMILES string of the molecule is COC(=O)c1nc(CCCCCN2CCc3ccccc3C2)ccc1O. The molecular weight excluding hydrogens is 328 g/mol. The lowest BCUT2D eigenvalue weighted by Gasteiger charge is -2.28. The van der Waals surface area contributed by atoms with Crippen LogP contribution in [0.3, 0.4) is 0 Å². The highest BCUT2D eigenvalue weighted by atomic mass is 16.5. The predicted octanol–water partition coefficient (Wildman–Crippen LogP) is 3.34. The molecule has 1 N–H and O–H groups in total. The minimum Gasteiger partial charge on any atom is -0.505 e. The van der Waals surface area contributed by atoms with Crippen molar-refractivity contribution in [1.29, 1.82) is 0 Å². The molecule has 0 spiro atoms. The van der Waals surface area contributed by atoms with Crippen LogP contribution in [0.4, 0.5) is 0 Å². The minimum atomic E-state index is -0.602. The summed E-state index contributed by atoms with van der Waals surface area (Å²) in [6.45, 7) is 3.31. The maximum Gasteiger partial charge on any atom is 0.360 e. The summed E-state index contributed by atoms with van der Waals surface area (Å²) in [6, 6.07) is 12.0. The Balaban J connectivity index is 1.41. The van der Waals surface area contributed by atoms with E-state index < -0.39 is 5.97 Å². The van der Waals surface area contributed by atoms with E-state index in [1.165, 1.54) is 24.3 Å². The van der Waals surface area contributed by atoms with E-state index in [0.717, 1.165) is 57.4 Å². The minimum absolute atomic E-state index is 0.00279. The second-order valence-electron chi connectivity index (χ2n) is 6.77. The molecule has 1 aliphatic rings. The van der Waals surface area contributed by atoms with E-state index >= 15 is 0 Å². The number of nitrogens with zero attached hydrogens (tertiary/aromatic N) is 2. The summed E-state index contributed by atoms with van der Waals surface area (Å²) in [4.78, 5) is 18.3. The zero-order valence-corrected chi connectivity index (χ0v) is 15.3. The highest BCUT2D eigenvalue weighted by Crippen LogP contribution is 2.20. The molecule has 0 aliphatic carbocycles. The molecule has 2 aromatic rings. The van der Waals surface area contributed by atoms with Gasteiger partial charge in [0.25, 0.3) is 0 Å². The summed E-state index contributed by atoms with van der Waals surface area (Å²) in [6.07, 6.45) is 5.23. The summed E-state index contributed by atoms with van der Waals surface area (Å²) in [5, 5.41) is 9.69. The zero-order chi connectivity index (χ0) is 18.4. The molecule has 2 heterocycles. The monoisotopic (exact) mass is 354 g/mol. The van der Waals surface area contributed by atoms with Gasteiger partial charge in [-0.3, -0.25) is 4.90 Å². The summed E-state index contributed by atoms with van der Waals surface area (Å²) in [5.41, 5.74) is 3.76. The Labute approximate surface area is 154 Å². The fraction of sp³-hybridized carbons (Fsp3) is 0.429. The van der Waals surface area contributed by atoms with Crippen molar-refractivity contribution in [2.45, 2.75) is 38.6 Å². The number of hydrogen-bond donors (Lipinski definition) is 1. The first-order valence-corrected chi connectivity index (χ1v) is 9.23. The molecule has 5 heteroatoms. The highest BCUT2D eigenvalue weighted by molar-refractivity contribution is 5.90. The lowest BCUT2D eigenvalue weighted by Crippen LogP contribution is -2.31. The van der Waals surface area contributed by atoms with Gasteiger partial charge in [-0.25, -0.2) is 9.78 Å². The molecular formula is C21H26N2O3. The number of aryl methyl sites for hydroxylation is 1. The van der Waals surface area contributed by atoms with E-state index in [9.17, 15) is 9.90 Å². The molecule has 3 rings (SSSR count). The molecule has 0 amide bonds. The van der Waals surface area contributed by atoms with Crippen LogP contribution >= 0.6 is 0 Å². The molecule has 0 fully saturated rings. The molecule has 5 nitrogen and oxygen atoms in total. The van der Waals surface area contributed by atoms with Gasteiger partial charge in [0.2, 0.25) is 0 Å². The topological polar surface area (TPSA) is 62.7 Å². The molecule has 0 bridgehead atoms. The van der Waals surface area contributed by atoms with E-state index in [1.54, 1.807) is 6.07 Å². The number of ether oxygens (including phenoxy) is 1. The Morgan fingerprint density at radius 1 is 1.15 bits per heavy atom. The third-order valence-electron chi connectivity index (χ3n) is 4.93. The van der Waals surface area contributed by atoms with Gasteiger partial charge in [-0.1, -0.05) is 30.7 Å². The van der Waals surface area contributed by atoms with E-state index in [1.807, 2.05) is 0 Å². The normalized spacial score (nSPS) is 14.0. The number of carbonyl (C=O) groups excluding carboxylic acids is 1. The van der Waals surface area contributed by atoms with Gasteiger partial charge < -0.3 is 9.84 Å². The molecule has 0 radical (unpaired) electrons. The number of hydrogen-bond acceptors (Lipinski definition) is 5. The Hall–Kier alpha value is -2.40. The van der Waals surface area contributed by atoms with Crippen molar-refractivity contribution in [3.8, 4) is 5.75 Å². The van der Waals surface area contributed by atoms with Crippen molar-refractivity contribution in [2.24, 2.45) is 0 Å². The second-order valence-corrected chi connectivity index (χ2v) is 6.77. The second kappa shape index (κ2) is 8.81. The van der Waals surface area contributed by atoms with Gasteiger partial charge in [0.15, 0.2) is 5.69 Å². The third-order valence-corrected chi connectivity index (χ3v) is 4.93. The van der Waals surface area contributed by atoms with Crippen molar-refractivity contribution in [1.82, 2.24) is 9.88 Å². The molecule has 0 unspecified atom stereocenters. The van der Waals surface area contributed by atoms with Crippen LogP contribution in [0.1, 0.15) is 46.6 Å². The Kier molecular flexibility index (Phi) is 6.23. The van der Waals surface area contributed by atoms with Gasteiger partial charge in [-0.15, -0.1) is 0 Å². The number of esters is 1. The van der Waals surface area contributed by atoms with Crippen LogP contribution in [0, 0.1) is 0 Å². The van der Waals surface area contributed by atoms with Crippen molar-refractivity contribution < 1.29 is 14.6 Å². The van der Waals surface area contributed by atoms with Crippen LogP contribution in [-0.2, 0) is 24.1 Å². The van der Waals surface area contributed by atoms with Crippen molar-refractivity contribution >= 4 is 5.97 Å². The van der Waals surface area contributed by atoms with Gasteiger partial charge in [0, 0.05) is 18.8 Å². The number of aromatic nitrogens is 1. The Bertz CT molecular complexity index is 761. The standard InChI is InChI=1S/C21H26N2O3/c1-26-21(25)20-19(24)11-10-18(22-20)9-3-2-6-13-23-14-12-16-7-4-5-8-17(16)15-23/h4-5,7-8,10-11,24H,2-3,6,9,12-15H2,1H3. The summed E-state index contributed by atoms with van der Waals surface area (Å²) < 4.78 is 4.64.